The van der Waals surface area contributed by atoms with Crippen molar-refractivity contribution in [2.45, 2.75) is 32.8 Å². The average molecular weight is 367 g/mol. The highest BCUT2D eigenvalue weighted by Crippen LogP contribution is 2.30. The minimum absolute atomic E-state index is 0.00308. The summed E-state index contributed by atoms with van der Waals surface area (Å²) in [5, 5.41) is 10.1. The van der Waals surface area contributed by atoms with E-state index >= 15 is 0 Å². The maximum atomic E-state index is 12.9. The van der Waals surface area contributed by atoms with E-state index in [2.05, 4.69) is 0 Å². The summed E-state index contributed by atoms with van der Waals surface area (Å²) in [6.45, 7) is 4.89. The van der Waals surface area contributed by atoms with Gasteiger partial charge < -0.3 is 14.7 Å². The molecule has 0 saturated carbocycles. The quantitative estimate of drug-likeness (QED) is 0.814. The van der Waals surface area contributed by atoms with Crippen molar-refractivity contribution >= 4 is 11.7 Å². The monoisotopic (exact) mass is 367 g/mol. The Hall–Kier alpha value is -2.82. The number of carbonyl (C=O) groups is 2. The zero-order chi connectivity index (χ0) is 19.4. The van der Waals surface area contributed by atoms with Gasteiger partial charge in [-0.05, 0) is 57.0 Å². The molecule has 5 heteroatoms. The number of phenols is 1. The molecule has 0 unspecified atom stereocenters. The third-order valence-corrected chi connectivity index (χ3v) is 4.78. The van der Waals surface area contributed by atoms with Crippen LogP contribution in [-0.4, -0.2) is 40.9 Å². The minimum Gasteiger partial charge on any atom is -0.507 e. The largest absolute Gasteiger partial charge is 0.507 e. The lowest BCUT2D eigenvalue weighted by atomic mass is 9.88. The van der Waals surface area contributed by atoms with Gasteiger partial charge in [0.05, 0.1) is 11.7 Å². The van der Waals surface area contributed by atoms with Gasteiger partial charge in [0.1, 0.15) is 11.5 Å². The number of ketones is 1. The second kappa shape index (κ2) is 8.25. The molecular weight excluding hydrogens is 342 g/mol. The number of nitrogens with zero attached hydrogens (tertiary/aromatic N) is 1. The van der Waals surface area contributed by atoms with Gasteiger partial charge in [0.15, 0.2) is 5.78 Å². The van der Waals surface area contributed by atoms with Crippen LogP contribution in [0.2, 0.25) is 0 Å². The first-order valence-electron chi connectivity index (χ1n) is 9.34. The van der Waals surface area contributed by atoms with E-state index in [1.165, 1.54) is 6.07 Å². The van der Waals surface area contributed by atoms with E-state index in [4.69, 9.17) is 4.74 Å². The standard InChI is InChI=1S/C22H25NO4/c1-15(2)27-18-8-9-20(24)19(14-18)21(25)16-10-12-23(13-11-16)22(26)17-6-4-3-5-7-17/h3-9,14-16,24H,10-13H2,1-2H3. The summed E-state index contributed by atoms with van der Waals surface area (Å²) < 4.78 is 5.63. The maximum absolute atomic E-state index is 12.9. The molecule has 0 aromatic heterocycles. The molecule has 2 aromatic rings. The number of aromatic hydroxyl groups is 1. The van der Waals surface area contributed by atoms with Crippen LogP contribution in [-0.2, 0) is 0 Å². The second-order valence-corrected chi connectivity index (χ2v) is 7.14. The fourth-order valence-electron chi connectivity index (χ4n) is 3.39. The summed E-state index contributed by atoms with van der Waals surface area (Å²) in [5.74, 6) is 0.247. The molecule has 27 heavy (non-hydrogen) atoms. The molecule has 0 radical (unpaired) electrons. The predicted molar refractivity (Wildman–Crippen MR) is 103 cm³/mol. The number of benzene rings is 2. The summed E-state index contributed by atoms with van der Waals surface area (Å²) in [6.07, 6.45) is 1.17. The Morgan fingerprint density at radius 1 is 1.07 bits per heavy atom. The van der Waals surface area contributed by atoms with Gasteiger partial charge >= 0.3 is 0 Å². The second-order valence-electron chi connectivity index (χ2n) is 7.14. The summed E-state index contributed by atoms with van der Waals surface area (Å²) >= 11 is 0. The van der Waals surface area contributed by atoms with Crippen LogP contribution in [0.1, 0.15) is 47.4 Å². The number of phenolic OH excluding ortho intramolecular Hbond substituents is 1. The van der Waals surface area contributed by atoms with Crippen molar-refractivity contribution < 1.29 is 19.4 Å². The van der Waals surface area contributed by atoms with Crippen LogP contribution in [0.5, 0.6) is 11.5 Å². The number of piperidine rings is 1. The SMILES string of the molecule is CC(C)Oc1ccc(O)c(C(=O)C2CCN(C(=O)c3ccccc3)CC2)c1. The van der Waals surface area contributed by atoms with E-state index in [1.54, 1.807) is 29.2 Å². The number of ether oxygens (including phenoxy) is 1. The summed E-state index contributed by atoms with van der Waals surface area (Å²) in [5.41, 5.74) is 0.958. The molecule has 1 aliphatic rings. The summed E-state index contributed by atoms with van der Waals surface area (Å²) in [7, 11) is 0. The van der Waals surface area contributed by atoms with Crippen molar-refractivity contribution in [3.05, 3.63) is 59.7 Å². The van der Waals surface area contributed by atoms with Crippen molar-refractivity contribution in [2.75, 3.05) is 13.1 Å². The van der Waals surface area contributed by atoms with E-state index in [0.29, 0.717) is 42.8 Å². The molecule has 1 fully saturated rings. The Morgan fingerprint density at radius 2 is 1.74 bits per heavy atom. The highest BCUT2D eigenvalue weighted by atomic mass is 16.5. The van der Waals surface area contributed by atoms with Crippen LogP contribution in [0.15, 0.2) is 48.5 Å². The molecule has 1 saturated heterocycles. The molecule has 1 aliphatic heterocycles. The van der Waals surface area contributed by atoms with E-state index in [-0.39, 0.29) is 29.5 Å². The fourth-order valence-corrected chi connectivity index (χ4v) is 3.39. The van der Waals surface area contributed by atoms with Crippen LogP contribution >= 0.6 is 0 Å². The van der Waals surface area contributed by atoms with Gasteiger partial charge in [0.25, 0.3) is 5.91 Å². The van der Waals surface area contributed by atoms with Gasteiger partial charge in [-0.3, -0.25) is 9.59 Å². The normalized spacial score (nSPS) is 15.0. The predicted octanol–water partition coefficient (Wildman–Crippen LogP) is 3.91. The van der Waals surface area contributed by atoms with Crippen molar-refractivity contribution in [1.29, 1.82) is 0 Å². The lowest BCUT2D eigenvalue weighted by Gasteiger charge is -2.31. The van der Waals surface area contributed by atoms with Gasteiger partial charge in [-0.25, -0.2) is 0 Å². The van der Waals surface area contributed by atoms with E-state index < -0.39 is 0 Å². The van der Waals surface area contributed by atoms with Crippen LogP contribution in [0, 0.1) is 5.92 Å². The fraction of sp³-hybridized carbons (Fsp3) is 0.364. The molecular formula is C22H25NO4. The number of rotatable bonds is 5. The zero-order valence-corrected chi connectivity index (χ0v) is 15.7. The smallest absolute Gasteiger partial charge is 0.253 e. The average Bonchev–Trinajstić information content (AvgIpc) is 2.69. The molecule has 1 N–H and O–H groups in total. The van der Waals surface area contributed by atoms with E-state index in [9.17, 15) is 14.7 Å². The maximum Gasteiger partial charge on any atom is 0.253 e. The van der Waals surface area contributed by atoms with Crippen LogP contribution < -0.4 is 4.74 Å². The van der Waals surface area contributed by atoms with Crippen molar-refractivity contribution in [2.24, 2.45) is 5.92 Å². The first kappa shape index (κ1) is 19.0. The van der Waals surface area contributed by atoms with Crippen molar-refractivity contribution in [3.8, 4) is 11.5 Å². The molecule has 3 rings (SSSR count). The lowest BCUT2D eigenvalue weighted by molar-refractivity contribution is 0.0649. The molecule has 1 amide bonds. The number of likely N-dealkylation sites (tertiary alicyclic amines) is 1. The third kappa shape index (κ3) is 4.48. The van der Waals surface area contributed by atoms with Gasteiger partial charge in [0.2, 0.25) is 0 Å². The molecule has 2 aromatic carbocycles. The molecule has 5 nitrogen and oxygen atoms in total. The molecule has 1 heterocycles. The molecule has 142 valence electrons. The Balaban J connectivity index is 1.66. The first-order valence-corrected chi connectivity index (χ1v) is 9.34. The highest BCUT2D eigenvalue weighted by molar-refractivity contribution is 6.01. The summed E-state index contributed by atoms with van der Waals surface area (Å²) in [4.78, 5) is 27.2. The first-order chi connectivity index (χ1) is 13.0. The van der Waals surface area contributed by atoms with Crippen LogP contribution in [0.3, 0.4) is 0 Å². The van der Waals surface area contributed by atoms with Crippen molar-refractivity contribution in [1.82, 2.24) is 4.90 Å². The van der Waals surface area contributed by atoms with E-state index in [1.807, 2.05) is 32.0 Å². The number of hydrogen-bond donors (Lipinski definition) is 1. The Bertz CT molecular complexity index is 808. The van der Waals surface area contributed by atoms with Crippen LogP contribution in [0.25, 0.3) is 0 Å². The number of hydrogen-bond acceptors (Lipinski definition) is 4. The third-order valence-electron chi connectivity index (χ3n) is 4.78. The van der Waals surface area contributed by atoms with Gasteiger partial charge in [0, 0.05) is 24.6 Å². The minimum atomic E-state index is -0.204. The summed E-state index contributed by atoms with van der Waals surface area (Å²) in [6, 6.07) is 13.9. The molecule has 0 spiro atoms. The molecule has 0 atom stereocenters. The van der Waals surface area contributed by atoms with Crippen LogP contribution in [0.4, 0.5) is 0 Å². The Labute approximate surface area is 159 Å². The van der Waals surface area contributed by atoms with Gasteiger partial charge in [-0.2, -0.15) is 0 Å². The number of amides is 1. The highest BCUT2D eigenvalue weighted by Gasteiger charge is 2.29. The topological polar surface area (TPSA) is 66.8 Å². The number of carbonyl (C=O) groups excluding carboxylic acids is 2. The van der Waals surface area contributed by atoms with Gasteiger partial charge in [-0.1, -0.05) is 18.2 Å². The van der Waals surface area contributed by atoms with E-state index in [0.717, 1.165) is 0 Å². The Morgan fingerprint density at radius 3 is 2.37 bits per heavy atom. The lowest BCUT2D eigenvalue weighted by Crippen LogP contribution is -2.40. The molecule has 0 aliphatic carbocycles. The number of Topliss-reactive ketones (excluding diaryl/α,β-unsaturated/α-hetero) is 1. The van der Waals surface area contributed by atoms with Gasteiger partial charge in [-0.15, -0.1) is 0 Å². The van der Waals surface area contributed by atoms with Crippen molar-refractivity contribution in [3.63, 3.8) is 0 Å². The Kier molecular flexibility index (Phi) is 5.79. The zero-order valence-electron chi connectivity index (χ0n) is 15.7. The molecule has 0 bridgehead atoms.